The molecule has 2 amide bonds. The van der Waals surface area contributed by atoms with Crippen LogP contribution in [-0.4, -0.2) is 40.9 Å². The summed E-state index contributed by atoms with van der Waals surface area (Å²) in [5.41, 5.74) is 1.92. The fourth-order valence-electron chi connectivity index (χ4n) is 2.87. The smallest absolute Gasteiger partial charge is 0.303 e. The number of carbonyl (C=O) groups is 3. The number of nitrogens with one attached hydrogen (secondary N) is 1. The summed E-state index contributed by atoms with van der Waals surface area (Å²) < 4.78 is 5.38. The van der Waals surface area contributed by atoms with Crippen LogP contribution in [0.2, 0.25) is 0 Å². The van der Waals surface area contributed by atoms with Gasteiger partial charge >= 0.3 is 5.97 Å². The van der Waals surface area contributed by atoms with Gasteiger partial charge in [0.1, 0.15) is 5.75 Å². The molecule has 0 atom stereocenters. The summed E-state index contributed by atoms with van der Waals surface area (Å²) in [6, 6.07) is 14.4. The average Bonchev–Trinajstić information content (AvgIpc) is 2.67. The van der Waals surface area contributed by atoms with Gasteiger partial charge in [-0.1, -0.05) is 30.3 Å². The predicted molar refractivity (Wildman–Crippen MR) is 98.6 cm³/mol. The highest BCUT2D eigenvalue weighted by Crippen LogP contribution is 2.29. The van der Waals surface area contributed by atoms with Gasteiger partial charge in [0.05, 0.1) is 5.69 Å². The molecule has 0 fully saturated rings. The lowest BCUT2D eigenvalue weighted by Gasteiger charge is -2.24. The van der Waals surface area contributed by atoms with Gasteiger partial charge in [-0.2, -0.15) is 0 Å². The molecule has 0 saturated heterocycles. The van der Waals surface area contributed by atoms with E-state index in [0.717, 1.165) is 5.56 Å². The van der Waals surface area contributed by atoms with Crippen LogP contribution in [0.3, 0.4) is 0 Å². The zero-order chi connectivity index (χ0) is 19.2. The number of hydrogen-bond acceptors (Lipinski definition) is 4. The van der Waals surface area contributed by atoms with Crippen molar-refractivity contribution < 1.29 is 24.2 Å². The predicted octanol–water partition coefficient (Wildman–Crippen LogP) is 2.52. The van der Waals surface area contributed by atoms with E-state index in [9.17, 15) is 14.4 Å². The maximum absolute atomic E-state index is 13.0. The minimum Gasteiger partial charge on any atom is -0.482 e. The zero-order valence-electron chi connectivity index (χ0n) is 14.7. The highest BCUT2D eigenvalue weighted by atomic mass is 16.5. The van der Waals surface area contributed by atoms with Crippen LogP contribution in [0, 0.1) is 0 Å². The molecule has 0 bridgehead atoms. The maximum atomic E-state index is 13.0. The van der Waals surface area contributed by atoms with Gasteiger partial charge in [0.25, 0.3) is 11.8 Å². The second kappa shape index (κ2) is 8.35. The number of hydrogen-bond donors (Lipinski definition) is 2. The van der Waals surface area contributed by atoms with Gasteiger partial charge < -0.3 is 20.1 Å². The lowest BCUT2D eigenvalue weighted by atomic mass is 10.1. The average molecular weight is 368 g/mol. The molecule has 1 heterocycles. The Kier molecular flexibility index (Phi) is 5.71. The Labute approximate surface area is 156 Å². The lowest BCUT2D eigenvalue weighted by molar-refractivity contribution is -0.137. The first-order valence-corrected chi connectivity index (χ1v) is 8.64. The molecule has 140 valence electrons. The molecule has 2 N–H and O–H groups in total. The van der Waals surface area contributed by atoms with E-state index in [0.29, 0.717) is 36.5 Å². The van der Waals surface area contributed by atoms with Crippen LogP contribution in [0.4, 0.5) is 5.69 Å². The highest BCUT2D eigenvalue weighted by Gasteiger charge is 2.21. The number of anilines is 1. The number of aliphatic carboxylic acids is 1. The van der Waals surface area contributed by atoms with Crippen molar-refractivity contribution >= 4 is 23.5 Å². The molecule has 0 radical (unpaired) electrons. The van der Waals surface area contributed by atoms with Crippen LogP contribution < -0.4 is 10.1 Å². The van der Waals surface area contributed by atoms with Crippen molar-refractivity contribution in [1.82, 2.24) is 4.90 Å². The minimum atomic E-state index is -0.889. The van der Waals surface area contributed by atoms with Crippen molar-refractivity contribution in [3.63, 3.8) is 0 Å². The number of carboxylic acid groups (broad SMARTS) is 1. The Morgan fingerprint density at radius 3 is 2.67 bits per heavy atom. The molecule has 2 aromatic rings. The zero-order valence-corrected chi connectivity index (χ0v) is 14.7. The van der Waals surface area contributed by atoms with E-state index in [1.807, 2.05) is 30.3 Å². The summed E-state index contributed by atoms with van der Waals surface area (Å²) in [6.07, 6.45) is 0.364. The molecule has 2 aromatic carbocycles. The molecule has 27 heavy (non-hydrogen) atoms. The van der Waals surface area contributed by atoms with Gasteiger partial charge in [-0.05, 0) is 30.2 Å². The van der Waals surface area contributed by atoms with Gasteiger partial charge in [-0.25, -0.2) is 0 Å². The van der Waals surface area contributed by atoms with Crippen molar-refractivity contribution in [3.05, 3.63) is 59.7 Å². The van der Waals surface area contributed by atoms with E-state index in [-0.39, 0.29) is 24.8 Å². The number of rotatable bonds is 7. The number of fused-ring (bicyclic) bond motifs is 1. The van der Waals surface area contributed by atoms with Crippen LogP contribution in [0.25, 0.3) is 0 Å². The highest BCUT2D eigenvalue weighted by molar-refractivity contribution is 5.99. The summed E-state index contributed by atoms with van der Waals surface area (Å²) in [6.45, 7) is 0.625. The normalized spacial score (nSPS) is 12.5. The molecule has 1 aliphatic heterocycles. The molecular formula is C20H20N2O5. The van der Waals surface area contributed by atoms with Gasteiger partial charge in [0.2, 0.25) is 0 Å². The fourth-order valence-corrected chi connectivity index (χ4v) is 2.87. The first kappa shape index (κ1) is 18.4. The molecular weight excluding hydrogens is 348 g/mol. The Morgan fingerprint density at radius 2 is 1.93 bits per heavy atom. The van der Waals surface area contributed by atoms with E-state index in [2.05, 4.69) is 5.32 Å². The van der Waals surface area contributed by atoms with Crippen molar-refractivity contribution in [2.24, 2.45) is 0 Å². The quantitative estimate of drug-likeness (QED) is 0.783. The van der Waals surface area contributed by atoms with Crippen LogP contribution >= 0.6 is 0 Å². The third-order valence-electron chi connectivity index (χ3n) is 4.18. The van der Waals surface area contributed by atoms with Crippen LogP contribution in [-0.2, 0) is 16.1 Å². The molecule has 3 rings (SSSR count). The lowest BCUT2D eigenvalue weighted by Crippen LogP contribution is -2.32. The van der Waals surface area contributed by atoms with Gasteiger partial charge in [0.15, 0.2) is 6.61 Å². The van der Waals surface area contributed by atoms with Crippen LogP contribution in [0.5, 0.6) is 5.75 Å². The molecule has 0 saturated carbocycles. The Morgan fingerprint density at radius 1 is 1.15 bits per heavy atom. The monoisotopic (exact) mass is 368 g/mol. The summed E-state index contributed by atoms with van der Waals surface area (Å²) in [5.74, 6) is -0.890. The van der Waals surface area contributed by atoms with E-state index in [4.69, 9.17) is 9.84 Å². The third-order valence-corrected chi connectivity index (χ3v) is 4.18. The molecule has 0 spiro atoms. The largest absolute Gasteiger partial charge is 0.482 e. The third kappa shape index (κ3) is 4.84. The Balaban J connectivity index is 1.78. The summed E-state index contributed by atoms with van der Waals surface area (Å²) >= 11 is 0. The summed E-state index contributed by atoms with van der Waals surface area (Å²) in [4.78, 5) is 36.8. The first-order chi connectivity index (χ1) is 13.0. The number of ether oxygens (including phenoxy) is 1. The fraction of sp³-hybridized carbons (Fsp3) is 0.250. The molecule has 0 unspecified atom stereocenters. The van der Waals surface area contributed by atoms with E-state index in [1.54, 1.807) is 23.1 Å². The number of carboxylic acids is 1. The van der Waals surface area contributed by atoms with Crippen molar-refractivity contribution in [3.8, 4) is 5.75 Å². The molecule has 7 nitrogen and oxygen atoms in total. The number of amides is 2. The SMILES string of the molecule is O=C(O)CCCN(Cc1ccccc1)C(=O)c1ccc2c(c1)OCC(=O)N2. The van der Waals surface area contributed by atoms with Gasteiger partial charge in [-0.3, -0.25) is 14.4 Å². The van der Waals surface area contributed by atoms with Crippen LogP contribution in [0.1, 0.15) is 28.8 Å². The Bertz CT molecular complexity index is 851. The molecule has 7 heteroatoms. The molecule has 0 aliphatic carbocycles. The molecule has 1 aliphatic rings. The van der Waals surface area contributed by atoms with E-state index in [1.165, 1.54) is 0 Å². The van der Waals surface area contributed by atoms with Crippen molar-refractivity contribution in [1.29, 1.82) is 0 Å². The second-order valence-corrected chi connectivity index (χ2v) is 6.26. The summed E-state index contributed by atoms with van der Waals surface area (Å²) in [5, 5.41) is 11.6. The van der Waals surface area contributed by atoms with Crippen molar-refractivity contribution in [2.75, 3.05) is 18.5 Å². The maximum Gasteiger partial charge on any atom is 0.303 e. The second-order valence-electron chi connectivity index (χ2n) is 6.26. The van der Waals surface area contributed by atoms with Crippen LogP contribution in [0.15, 0.2) is 48.5 Å². The molecule has 0 aromatic heterocycles. The minimum absolute atomic E-state index is 0.00208. The van der Waals surface area contributed by atoms with E-state index < -0.39 is 5.97 Å². The Hall–Kier alpha value is -3.35. The number of carbonyl (C=O) groups excluding carboxylic acids is 2. The standard InChI is InChI=1S/C20H20N2O5/c23-18-13-27-17-11-15(8-9-16(17)21-18)20(26)22(10-4-7-19(24)25)12-14-5-2-1-3-6-14/h1-3,5-6,8-9,11H,4,7,10,12-13H2,(H,21,23)(H,24,25). The first-order valence-electron chi connectivity index (χ1n) is 8.64. The van der Waals surface area contributed by atoms with Gasteiger partial charge in [0, 0.05) is 25.1 Å². The van der Waals surface area contributed by atoms with Gasteiger partial charge in [-0.15, -0.1) is 0 Å². The number of benzene rings is 2. The van der Waals surface area contributed by atoms with E-state index >= 15 is 0 Å². The number of nitrogens with zero attached hydrogens (tertiary/aromatic N) is 1. The van der Waals surface area contributed by atoms with Crippen molar-refractivity contribution in [2.45, 2.75) is 19.4 Å². The summed E-state index contributed by atoms with van der Waals surface area (Å²) in [7, 11) is 0. The topological polar surface area (TPSA) is 95.9 Å².